The SMILES string of the molecule is Cl.Cl.[C-]1=CC=CC1.[CH2]=[Ti].[CH3-].[CH3-].[CH3-].[CH3-].[c-]1ccc[nH]1. The summed E-state index contributed by atoms with van der Waals surface area (Å²) in [5, 5.41) is 0. The molecule has 1 aliphatic rings. The monoisotopic (exact) mass is 325 g/mol. The molecular formula is C14H25Cl2NTi-6. The van der Waals surface area contributed by atoms with Gasteiger partial charge in [-0.05, 0) is 0 Å². The van der Waals surface area contributed by atoms with Crippen LogP contribution in [-0.4, -0.2) is 9.80 Å². The Bertz CT molecular complexity index is 194. The molecule has 1 nitrogen and oxygen atoms in total. The Morgan fingerprint density at radius 1 is 1.06 bits per heavy atom. The Labute approximate surface area is 139 Å². The first-order valence-electron chi connectivity index (χ1n) is 3.56. The molecule has 0 bridgehead atoms. The minimum atomic E-state index is 0. The smallest absolute Gasteiger partial charge is 0.108 e. The summed E-state index contributed by atoms with van der Waals surface area (Å²) in [5.74, 6) is 0. The van der Waals surface area contributed by atoms with Gasteiger partial charge in [0.25, 0.3) is 0 Å². The van der Waals surface area contributed by atoms with Crippen molar-refractivity contribution in [2.24, 2.45) is 0 Å². The average Bonchev–Trinajstić information content (AvgIpc) is 2.87. The van der Waals surface area contributed by atoms with Gasteiger partial charge in [0.05, 0.1) is 0 Å². The van der Waals surface area contributed by atoms with Crippen LogP contribution < -0.4 is 0 Å². The molecule has 1 aromatic rings. The maximum Gasteiger partial charge on any atom is -0.108 e. The summed E-state index contributed by atoms with van der Waals surface area (Å²) in [6.07, 6.45) is 14.6. The molecule has 18 heavy (non-hydrogen) atoms. The largest absolute Gasteiger partial charge is 0.484 e. The summed E-state index contributed by atoms with van der Waals surface area (Å²) >= 11 is 1.75. The van der Waals surface area contributed by atoms with Crippen LogP contribution in [0.1, 0.15) is 6.42 Å². The molecular weight excluding hydrogens is 301 g/mol. The predicted molar refractivity (Wildman–Crippen MR) is 88.5 cm³/mol. The van der Waals surface area contributed by atoms with E-state index in [4.69, 9.17) is 0 Å². The number of hydrogen-bond donors (Lipinski definition) is 1. The Balaban J connectivity index is -0.0000000183. The second kappa shape index (κ2) is 43.6. The first-order chi connectivity index (χ1) is 6.00. The number of hydrogen-bond acceptors (Lipinski definition) is 0. The van der Waals surface area contributed by atoms with Crippen molar-refractivity contribution in [2.75, 3.05) is 0 Å². The zero-order valence-corrected chi connectivity index (χ0v) is 14.9. The third kappa shape index (κ3) is 36.0. The van der Waals surface area contributed by atoms with E-state index in [1.807, 2.05) is 30.5 Å². The van der Waals surface area contributed by atoms with Crippen LogP contribution in [0.25, 0.3) is 0 Å². The van der Waals surface area contributed by atoms with Crippen LogP contribution in [0.3, 0.4) is 0 Å². The Morgan fingerprint density at radius 2 is 1.61 bits per heavy atom. The van der Waals surface area contributed by atoms with Crippen molar-refractivity contribution in [3.05, 3.63) is 78.5 Å². The van der Waals surface area contributed by atoms with Gasteiger partial charge < -0.3 is 34.7 Å². The van der Waals surface area contributed by atoms with E-state index < -0.39 is 0 Å². The van der Waals surface area contributed by atoms with Crippen molar-refractivity contribution >= 4 is 29.6 Å². The average molecular weight is 326 g/mol. The van der Waals surface area contributed by atoms with Crippen LogP contribution in [-0.2, 0) is 20.0 Å². The number of halogens is 2. The molecule has 2 rings (SSSR count). The van der Waals surface area contributed by atoms with Gasteiger partial charge in [0, 0.05) is 0 Å². The number of H-pyrrole nitrogens is 1. The van der Waals surface area contributed by atoms with Crippen molar-refractivity contribution in [3.63, 3.8) is 0 Å². The van der Waals surface area contributed by atoms with E-state index in [2.05, 4.69) is 28.2 Å². The van der Waals surface area contributed by atoms with E-state index in [1.165, 1.54) is 0 Å². The van der Waals surface area contributed by atoms with Crippen molar-refractivity contribution < 1.29 is 20.0 Å². The summed E-state index contributed by atoms with van der Waals surface area (Å²) < 4.78 is 0. The van der Waals surface area contributed by atoms with Crippen molar-refractivity contribution in [2.45, 2.75) is 6.42 Å². The van der Waals surface area contributed by atoms with E-state index in [1.54, 1.807) is 20.0 Å². The fourth-order valence-electron chi connectivity index (χ4n) is 0.581. The van der Waals surface area contributed by atoms with Crippen LogP contribution in [0.15, 0.2) is 36.6 Å². The van der Waals surface area contributed by atoms with E-state index in [0.717, 1.165) is 6.42 Å². The number of allylic oxidation sites excluding steroid dienone is 4. The Hall–Kier alpha value is -0.0757. The molecule has 0 radical (unpaired) electrons. The first-order valence-corrected chi connectivity index (χ1v) is 4.67. The molecule has 1 aromatic heterocycles. The van der Waals surface area contributed by atoms with Gasteiger partial charge in [-0.3, -0.25) is 6.08 Å². The van der Waals surface area contributed by atoms with Crippen LogP contribution in [0.2, 0.25) is 0 Å². The molecule has 1 aliphatic carbocycles. The fourth-order valence-corrected chi connectivity index (χ4v) is 0.581. The molecule has 0 aromatic carbocycles. The van der Waals surface area contributed by atoms with E-state index >= 15 is 0 Å². The van der Waals surface area contributed by atoms with Gasteiger partial charge in [0.1, 0.15) is 0 Å². The van der Waals surface area contributed by atoms with Crippen LogP contribution >= 0.6 is 24.8 Å². The van der Waals surface area contributed by atoms with E-state index in [0.29, 0.717) is 0 Å². The number of aromatic amines is 1. The van der Waals surface area contributed by atoms with Gasteiger partial charge in [0.2, 0.25) is 0 Å². The quantitative estimate of drug-likeness (QED) is 0.524. The molecule has 1 heterocycles. The normalized spacial score (nSPS) is 7.28. The summed E-state index contributed by atoms with van der Waals surface area (Å²) in [4.78, 5) is 5.99. The molecule has 0 saturated heterocycles. The molecule has 0 fully saturated rings. The summed E-state index contributed by atoms with van der Waals surface area (Å²) in [5.41, 5.74) is 0. The minimum absolute atomic E-state index is 0. The second-order valence-corrected chi connectivity index (χ2v) is 1.82. The van der Waals surface area contributed by atoms with Gasteiger partial charge in [0.15, 0.2) is 0 Å². The van der Waals surface area contributed by atoms with Gasteiger partial charge in [-0.2, -0.15) is 24.4 Å². The van der Waals surface area contributed by atoms with Gasteiger partial charge in [-0.1, -0.05) is 0 Å². The standard InChI is InChI=1S/C5H5.C4H4N.4CH3.CH2.2ClH.Ti/c2*1-2-4-5-3-1;;;;;;;;/h1-3H,4H2;1-3,5H;4*1H3;1H2;2*1H;/q6*-1;;;;. The van der Waals surface area contributed by atoms with Crippen LogP contribution in [0.4, 0.5) is 0 Å². The maximum atomic E-state index is 3.25. The fraction of sp³-hybridized carbons (Fsp3) is 0.0714. The zero-order chi connectivity index (χ0) is 9.07. The second-order valence-electron chi connectivity index (χ2n) is 1.82. The summed E-state index contributed by atoms with van der Waals surface area (Å²) in [6, 6.07) is 3.71. The minimum Gasteiger partial charge on any atom is -0.484 e. The van der Waals surface area contributed by atoms with E-state index in [9.17, 15) is 0 Å². The molecule has 0 saturated carbocycles. The maximum absolute atomic E-state index is 3.25. The van der Waals surface area contributed by atoms with Gasteiger partial charge in [-0.15, -0.1) is 37.4 Å². The van der Waals surface area contributed by atoms with Crippen molar-refractivity contribution in [1.29, 1.82) is 0 Å². The van der Waals surface area contributed by atoms with Crippen LogP contribution in [0, 0.1) is 42.0 Å². The molecule has 110 valence electrons. The Morgan fingerprint density at radius 3 is 1.72 bits per heavy atom. The number of nitrogens with one attached hydrogen (secondary N) is 1. The number of rotatable bonds is 0. The molecule has 0 amide bonds. The molecule has 0 spiro atoms. The van der Waals surface area contributed by atoms with Crippen molar-refractivity contribution in [1.82, 2.24) is 4.98 Å². The van der Waals surface area contributed by atoms with Crippen LogP contribution in [0.5, 0.6) is 0 Å². The van der Waals surface area contributed by atoms with Crippen molar-refractivity contribution in [3.8, 4) is 0 Å². The molecule has 0 aliphatic heterocycles. The number of aromatic nitrogens is 1. The molecule has 4 heteroatoms. The molecule has 0 unspecified atom stereocenters. The molecule has 0 atom stereocenters. The zero-order valence-electron chi connectivity index (χ0n) is 11.7. The van der Waals surface area contributed by atoms with Gasteiger partial charge in [-0.25, -0.2) is 12.2 Å². The topological polar surface area (TPSA) is 15.8 Å². The first kappa shape index (κ1) is 43.0. The van der Waals surface area contributed by atoms with E-state index in [-0.39, 0.29) is 54.5 Å². The predicted octanol–water partition coefficient (Wildman–Crippen LogP) is 4.73. The van der Waals surface area contributed by atoms with Gasteiger partial charge >= 0.3 is 24.8 Å². The summed E-state index contributed by atoms with van der Waals surface area (Å²) in [6.45, 7) is 0. The molecule has 1 N–H and O–H groups in total. The third-order valence-electron chi connectivity index (χ3n) is 1.03. The third-order valence-corrected chi connectivity index (χ3v) is 1.03. The summed E-state index contributed by atoms with van der Waals surface area (Å²) in [7, 11) is 0. The Kier molecular flexibility index (Phi) is 104.